The van der Waals surface area contributed by atoms with Crippen molar-refractivity contribution in [2.75, 3.05) is 24.6 Å². The number of alkyl halides is 1. The lowest BCUT2D eigenvalue weighted by molar-refractivity contribution is -0.133. The maximum absolute atomic E-state index is 13.0. The van der Waals surface area contributed by atoms with Crippen molar-refractivity contribution < 1.29 is 33.6 Å². The first-order chi connectivity index (χ1) is 20.9. The molecule has 15 heteroatoms. The molecule has 0 spiro atoms. The summed E-state index contributed by atoms with van der Waals surface area (Å²) in [5.41, 5.74) is 6.41. The molecule has 14 nitrogen and oxygen atoms in total. The van der Waals surface area contributed by atoms with Crippen LogP contribution in [-0.4, -0.2) is 83.9 Å². The van der Waals surface area contributed by atoms with Gasteiger partial charge in [-0.1, -0.05) is 71.9 Å². The zero-order chi connectivity index (χ0) is 33.1. The van der Waals surface area contributed by atoms with E-state index in [4.69, 9.17) is 10.6 Å². The van der Waals surface area contributed by atoms with Gasteiger partial charge in [0.25, 0.3) is 5.91 Å². The molecule has 0 heterocycles. The van der Waals surface area contributed by atoms with E-state index in [1.807, 2.05) is 52.9 Å². The second kappa shape index (κ2) is 21.0. The van der Waals surface area contributed by atoms with Crippen LogP contribution in [0.2, 0.25) is 0 Å². The molecule has 0 saturated heterocycles. The third kappa shape index (κ3) is 15.6. The number of likely N-dealkylation sites (N-methyl/N-ethyl adjacent to an activating group) is 1. The maximum atomic E-state index is 13.0. The fourth-order valence-corrected chi connectivity index (χ4v) is 4.50. The number of urea groups is 1. The lowest BCUT2D eigenvalue weighted by Crippen LogP contribution is -2.55. The molecule has 6 amide bonds. The molecule has 44 heavy (non-hydrogen) atoms. The number of ketones is 1. The Morgan fingerprint density at radius 2 is 1.61 bits per heavy atom. The van der Waals surface area contributed by atoms with Gasteiger partial charge in [0.2, 0.25) is 17.7 Å². The van der Waals surface area contributed by atoms with Gasteiger partial charge in [-0.3, -0.25) is 24.0 Å². The molecule has 0 aliphatic heterocycles. The van der Waals surface area contributed by atoms with Crippen molar-refractivity contribution in [3.63, 3.8) is 0 Å². The molecule has 0 bridgehead atoms. The van der Waals surface area contributed by atoms with Crippen molar-refractivity contribution in [3.8, 4) is 0 Å². The Balaban J connectivity index is 2.59. The van der Waals surface area contributed by atoms with Crippen LogP contribution in [0.5, 0.6) is 0 Å². The number of amides is 6. The first-order valence-electron chi connectivity index (χ1n) is 14.3. The highest BCUT2D eigenvalue weighted by molar-refractivity contribution is 14.1. The number of halogens is 1. The van der Waals surface area contributed by atoms with Crippen molar-refractivity contribution in [2.45, 2.75) is 71.0 Å². The second-order valence-electron chi connectivity index (χ2n) is 10.4. The molecular weight excluding hydrogens is 685 g/mol. The summed E-state index contributed by atoms with van der Waals surface area (Å²) >= 11 is 1.96. The number of carbonyl (C=O) groups excluding carboxylic acids is 6. The fraction of sp³-hybridized carbons (Fsp3) is 0.552. The third-order valence-electron chi connectivity index (χ3n) is 6.38. The minimum Gasteiger partial charge on any atom is -0.386 e. The number of nitrogens with one attached hydrogen (secondary N) is 5. The molecule has 1 aromatic rings. The first-order valence-corrected chi connectivity index (χ1v) is 15.8. The Morgan fingerprint density at radius 3 is 2.20 bits per heavy atom. The smallest absolute Gasteiger partial charge is 0.312 e. The van der Waals surface area contributed by atoms with Gasteiger partial charge in [0, 0.05) is 20.0 Å². The van der Waals surface area contributed by atoms with Crippen molar-refractivity contribution in [2.24, 2.45) is 16.8 Å². The Hall–Kier alpha value is -3.76. The van der Waals surface area contributed by atoms with Gasteiger partial charge in [-0.25, -0.2) is 4.79 Å². The van der Waals surface area contributed by atoms with E-state index in [0.29, 0.717) is 18.6 Å². The van der Waals surface area contributed by atoms with Gasteiger partial charge in [-0.05, 0) is 44.1 Å². The van der Waals surface area contributed by atoms with Gasteiger partial charge in [-0.15, -0.1) is 0 Å². The minimum absolute atomic E-state index is 0.00234. The predicted octanol–water partition coefficient (Wildman–Crippen LogP) is 0.711. The summed E-state index contributed by atoms with van der Waals surface area (Å²) < 4.78 is 0.250. The molecule has 3 atom stereocenters. The van der Waals surface area contributed by atoms with Gasteiger partial charge in [0.05, 0.1) is 16.2 Å². The van der Waals surface area contributed by atoms with Gasteiger partial charge in [0.15, 0.2) is 12.4 Å². The van der Waals surface area contributed by atoms with E-state index in [1.165, 1.54) is 7.05 Å². The zero-order valence-electron chi connectivity index (χ0n) is 25.6. The molecular formula is C29H44IN7O7. The van der Waals surface area contributed by atoms with Crippen molar-refractivity contribution in [3.05, 3.63) is 35.9 Å². The average Bonchev–Trinajstić information content (AvgIpc) is 2.99. The van der Waals surface area contributed by atoms with E-state index in [9.17, 15) is 28.8 Å². The summed E-state index contributed by atoms with van der Waals surface area (Å²) in [6.45, 7) is 5.01. The van der Waals surface area contributed by atoms with E-state index in [0.717, 1.165) is 5.56 Å². The van der Waals surface area contributed by atoms with Crippen LogP contribution < -0.4 is 32.3 Å². The number of Topliss-reactive ketones (excluding diaryl/α,β-unsaturated/α-hetero) is 1. The van der Waals surface area contributed by atoms with Crippen LogP contribution in [0.1, 0.15) is 52.0 Å². The van der Waals surface area contributed by atoms with Crippen LogP contribution in [0.4, 0.5) is 4.79 Å². The zero-order valence-corrected chi connectivity index (χ0v) is 27.8. The normalized spacial score (nSPS) is 13.2. The van der Waals surface area contributed by atoms with Crippen molar-refractivity contribution in [1.82, 2.24) is 26.6 Å². The number of nitrogens with zero attached hydrogens (tertiary/aromatic N) is 1. The van der Waals surface area contributed by atoms with Gasteiger partial charge in [-0.2, -0.15) is 0 Å². The number of rotatable bonds is 20. The highest BCUT2D eigenvalue weighted by Gasteiger charge is 2.28. The number of carbonyl (C=O) groups is 6. The summed E-state index contributed by atoms with van der Waals surface area (Å²) in [6, 6.07) is 6.23. The summed E-state index contributed by atoms with van der Waals surface area (Å²) in [6.07, 6.45) is 1.22. The van der Waals surface area contributed by atoms with Crippen LogP contribution in [-0.2, 0) is 35.2 Å². The van der Waals surface area contributed by atoms with Crippen LogP contribution in [0.15, 0.2) is 35.5 Å². The number of primary amides is 1. The number of hydrogen-bond acceptors (Lipinski definition) is 8. The molecule has 0 aliphatic carbocycles. The highest BCUT2D eigenvalue weighted by atomic mass is 127. The molecule has 0 saturated carbocycles. The lowest BCUT2D eigenvalue weighted by Gasteiger charge is -2.25. The Bertz CT molecular complexity index is 1150. The standard InChI is InChI=1S/C29H44IN7O7/c1-18(2)26(28(42)35-21(27(41)32-4)11-8-14-33-29(31)43)36-24(39)13-12-19(3)37-44-17-25(40)34-22(23(38)16-30)15-20-9-6-5-7-10-20/h5-7,9-10,18,21-22,26H,8,11-17H2,1-4H3,(H,32,41)(H,34,40)(H,35,42)(H,36,39)(H3,31,33,43)/b37-19-/t21-,22-,26-/m0/s1. The van der Waals surface area contributed by atoms with Crippen molar-refractivity contribution >= 4 is 63.7 Å². The topological polar surface area (TPSA) is 210 Å². The van der Waals surface area contributed by atoms with Gasteiger partial charge >= 0.3 is 6.03 Å². The van der Waals surface area contributed by atoms with Gasteiger partial charge in [0.1, 0.15) is 12.1 Å². The number of benzene rings is 1. The molecule has 0 aliphatic rings. The molecule has 0 aromatic heterocycles. The van der Waals surface area contributed by atoms with Gasteiger partial charge < -0.3 is 37.2 Å². The van der Waals surface area contributed by atoms with E-state index in [2.05, 4.69) is 31.7 Å². The van der Waals surface area contributed by atoms with E-state index in [-0.39, 0.29) is 41.9 Å². The molecule has 1 aromatic carbocycles. The van der Waals surface area contributed by atoms with Crippen molar-refractivity contribution in [1.29, 1.82) is 0 Å². The molecule has 0 unspecified atom stereocenters. The summed E-state index contributed by atoms with van der Waals surface area (Å²) in [5.74, 6) is -2.21. The quantitative estimate of drug-likeness (QED) is 0.0372. The molecule has 0 fully saturated rings. The van der Waals surface area contributed by atoms with Crippen LogP contribution in [0.3, 0.4) is 0 Å². The van der Waals surface area contributed by atoms with Crippen LogP contribution in [0, 0.1) is 5.92 Å². The molecule has 1 rings (SSSR count). The Kier molecular flexibility index (Phi) is 18.3. The third-order valence-corrected chi connectivity index (χ3v) is 7.13. The maximum Gasteiger partial charge on any atom is 0.312 e. The minimum atomic E-state index is -0.898. The highest BCUT2D eigenvalue weighted by Crippen LogP contribution is 2.07. The Labute approximate surface area is 271 Å². The fourth-order valence-electron chi connectivity index (χ4n) is 3.97. The molecule has 0 radical (unpaired) electrons. The SMILES string of the molecule is CNC(=O)[C@H](CCCNC(N)=O)NC(=O)[C@@H](NC(=O)CC/C(C)=N\OCC(=O)N[C@@H](Cc1ccccc1)C(=O)CI)C(C)C. The van der Waals surface area contributed by atoms with Crippen LogP contribution in [0.25, 0.3) is 0 Å². The second-order valence-corrected chi connectivity index (χ2v) is 11.2. The van der Waals surface area contributed by atoms with Crippen LogP contribution >= 0.6 is 22.6 Å². The van der Waals surface area contributed by atoms with E-state index in [1.54, 1.807) is 20.8 Å². The molecule has 244 valence electrons. The summed E-state index contributed by atoms with van der Waals surface area (Å²) in [4.78, 5) is 78.6. The summed E-state index contributed by atoms with van der Waals surface area (Å²) in [5, 5.41) is 16.9. The number of oxime groups is 1. The number of nitrogens with two attached hydrogens (primary N) is 1. The largest absolute Gasteiger partial charge is 0.386 e. The Morgan fingerprint density at radius 1 is 0.932 bits per heavy atom. The summed E-state index contributed by atoms with van der Waals surface area (Å²) in [7, 11) is 1.45. The van der Waals surface area contributed by atoms with E-state index >= 15 is 0 Å². The molecule has 7 N–H and O–H groups in total. The lowest BCUT2D eigenvalue weighted by atomic mass is 10.0. The average molecular weight is 730 g/mol. The monoisotopic (exact) mass is 729 g/mol. The first kappa shape index (κ1) is 38.3. The number of hydrogen-bond donors (Lipinski definition) is 6. The predicted molar refractivity (Wildman–Crippen MR) is 174 cm³/mol. The van der Waals surface area contributed by atoms with E-state index < -0.39 is 54.4 Å².